The number of anilines is 2. The van der Waals surface area contributed by atoms with Gasteiger partial charge >= 0.3 is 0 Å². The van der Waals surface area contributed by atoms with Gasteiger partial charge in [0.15, 0.2) is 0 Å². The van der Waals surface area contributed by atoms with Crippen LogP contribution in [0.4, 0.5) is 11.5 Å². The number of nitrogens with zero attached hydrogens (tertiary/aromatic N) is 5. The fourth-order valence-electron chi connectivity index (χ4n) is 4.38. The summed E-state index contributed by atoms with van der Waals surface area (Å²) in [7, 11) is 0. The number of nitrogens with one attached hydrogen (secondary N) is 1. The Bertz CT molecular complexity index is 1280. The Morgan fingerprint density at radius 3 is 2.08 bits per heavy atom. The molecule has 36 heavy (non-hydrogen) atoms. The molecule has 0 aliphatic rings. The number of hydrogen-bond acceptors (Lipinski definition) is 6. The van der Waals surface area contributed by atoms with Gasteiger partial charge in [-0.2, -0.15) is 0 Å². The van der Waals surface area contributed by atoms with Gasteiger partial charge in [0.1, 0.15) is 17.9 Å². The van der Waals surface area contributed by atoms with Crippen molar-refractivity contribution in [3.8, 4) is 11.4 Å². The van der Waals surface area contributed by atoms with E-state index in [0.29, 0.717) is 5.82 Å². The van der Waals surface area contributed by atoms with E-state index >= 15 is 0 Å². The molecule has 2 aromatic carbocycles. The van der Waals surface area contributed by atoms with Crippen molar-refractivity contribution < 1.29 is 5.11 Å². The molecule has 2 N–H and O–H groups in total. The van der Waals surface area contributed by atoms with Gasteiger partial charge in [0.25, 0.3) is 0 Å². The Morgan fingerprint density at radius 1 is 0.861 bits per heavy atom. The first kappa shape index (κ1) is 25.9. The van der Waals surface area contributed by atoms with Crippen LogP contribution in [0.25, 0.3) is 16.6 Å². The van der Waals surface area contributed by atoms with E-state index in [9.17, 15) is 5.11 Å². The van der Waals surface area contributed by atoms with E-state index in [1.165, 1.54) is 11.1 Å². The molecule has 0 saturated heterocycles. The van der Waals surface area contributed by atoms with E-state index in [1.54, 1.807) is 24.5 Å². The first-order valence-electron chi connectivity index (χ1n) is 12.6. The van der Waals surface area contributed by atoms with Gasteiger partial charge in [-0.1, -0.05) is 39.3 Å². The number of hydrogen-bond donors (Lipinski definition) is 2. The van der Waals surface area contributed by atoms with E-state index in [-0.39, 0.29) is 10.8 Å². The Balaban J connectivity index is 1.72. The van der Waals surface area contributed by atoms with E-state index in [2.05, 4.69) is 81.9 Å². The maximum absolute atomic E-state index is 9.75. The number of rotatable bonds is 11. The number of halogens is 1. The molecular formula is C28H35ClN6O. The van der Waals surface area contributed by atoms with Crippen molar-refractivity contribution in [2.45, 2.75) is 40.8 Å². The predicted octanol–water partition coefficient (Wildman–Crippen LogP) is 6.21. The standard InChI is InChI=1S/C28H35ClN6O/c1-5-33(6-2)15-20-17-35(18-21(20)16-34(7-3)8-4)23-10-11-26-24(14-23)28(31-19-30-26)32-22-9-12-27(36)25(29)13-22/h9-14,17-19,36H,5-8,15-16H2,1-4H3,(H,30,31,32). The monoisotopic (exact) mass is 506 g/mol. The summed E-state index contributed by atoms with van der Waals surface area (Å²) in [6, 6.07) is 11.2. The average molecular weight is 507 g/mol. The molecule has 0 radical (unpaired) electrons. The van der Waals surface area contributed by atoms with Gasteiger partial charge in [-0.15, -0.1) is 0 Å². The zero-order valence-corrected chi connectivity index (χ0v) is 22.3. The van der Waals surface area contributed by atoms with E-state index in [0.717, 1.165) is 61.5 Å². The molecule has 7 nitrogen and oxygen atoms in total. The quantitative estimate of drug-likeness (QED) is 0.236. The minimum atomic E-state index is 0.0469. The van der Waals surface area contributed by atoms with Crippen molar-refractivity contribution in [1.29, 1.82) is 0 Å². The third kappa shape index (κ3) is 5.81. The topological polar surface area (TPSA) is 69.5 Å². The summed E-state index contributed by atoms with van der Waals surface area (Å²) in [4.78, 5) is 13.8. The maximum Gasteiger partial charge on any atom is 0.141 e. The highest BCUT2D eigenvalue weighted by Crippen LogP contribution is 2.30. The number of aromatic hydroxyl groups is 1. The second-order valence-corrected chi connectivity index (χ2v) is 9.26. The molecule has 0 spiro atoms. The summed E-state index contributed by atoms with van der Waals surface area (Å²) in [5.74, 6) is 0.730. The lowest BCUT2D eigenvalue weighted by molar-refractivity contribution is 0.281. The first-order valence-corrected chi connectivity index (χ1v) is 13.0. The van der Waals surface area contributed by atoms with Crippen LogP contribution in [0.15, 0.2) is 55.1 Å². The number of fused-ring (bicyclic) bond motifs is 1. The highest BCUT2D eigenvalue weighted by atomic mass is 35.5. The number of aromatic nitrogens is 3. The second-order valence-electron chi connectivity index (χ2n) is 8.85. The Hall–Kier alpha value is -3.13. The van der Waals surface area contributed by atoms with Gasteiger partial charge in [-0.3, -0.25) is 9.80 Å². The highest BCUT2D eigenvalue weighted by Gasteiger charge is 2.14. The van der Waals surface area contributed by atoms with Gasteiger partial charge in [-0.05, 0) is 73.7 Å². The van der Waals surface area contributed by atoms with Crippen LogP contribution in [0.5, 0.6) is 5.75 Å². The maximum atomic E-state index is 9.75. The lowest BCUT2D eigenvalue weighted by Gasteiger charge is -2.21. The molecule has 2 heterocycles. The Kier molecular flexibility index (Phi) is 8.46. The van der Waals surface area contributed by atoms with Crippen LogP contribution in [0.3, 0.4) is 0 Å². The number of phenolic OH excluding ortho intramolecular Hbond substituents is 1. The SMILES string of the molecule is CCN(CC)Cc1cn(-c2ccc3ncnc(Nc4ccc(O)c(Cl)c4)c3c2)cc1CN(CC)CC. The van der Waals surface area contributed by atoms with Gasteiger partial charge < -0.3 is 15.0 Å². The molecule has 0 fully saturated rings. The molecule has 4 aromatic rings. The van der Waals surface area contributed by atoms with E-state index < -0.39 is 0 Å². The average Bonchev–Trinajstić information content (AvgIpc) is 3.30. The molecule has 190 valence electrons. The van der Waals surface area contributed by atoms with Crippen molar-refractivity contribution in [2.24, 2.45) is 0 Å². The molecule has 0 atom stereocenters. The summed E-state index contributed by atoms with van der Waals surface area (Å²) in [6.45, 7) is 14.8. The van der Waals surface area contributed by atoms with E-state index in [1.807, 2.05) is 6.07 Å². The summed E-state index contributed by atoms with van der Waals surface area (Å²) < 4.78 is 2.21. The minimum absolute atomic E-state index is 0.0469. The van der Waals surface area contributed by atoms with Crippen molar-refractivity contribution in [1.82, 2.24) is 24.3 Å². The number of phenols is 1. The highest BCUT2D eigenvalue weighted by molar-refractivity contribution is 6.32. The zero-order chi connectivity index (χ0) is 25.7. The Morgan fingerprint density at radius 2 is 1.50 bits per heavy atom. The largest absolute Gasteiger partial charge is 0.506 e. The molecule has 0 amide bonds. The van der Waals surface area contributed by atoms with Gasteiger partial charge in [0.05, 0.1) is 10.5 Å². The van der Waals surface area contributed by atoms with E-state index in [4.69, 9.17) is 11.6 Å². The third-order valence-corrected chi connectivity index (χ3v) is 7.01. The molecule has 0 aliphatic heterocycles. The smallest absolute Gasteiger partial charge is 0.141 e. The van der Waals surface area contributed by atoms with Crippen LogP contribution < -0.4 is 5.32 Å². The third-order valence-electron chi connectivity index (χ3n) is 6.71. The van der Waals surface area contributed by atoms with Crippen LogP contribution >= 0.6 is 11.6 Å². The summed E-state index contributed by atoms with van der Waals surface area (Å²) >= 11 is 6.10. The molecule has 8 heteroatoms. The summed E-state index contributed by atoms with van der Waals surface area (Å²) in [5.41, 5.74) is 5.35. The van der Waals surface area contributed by atoms with Crippen molar-refractivity contribution >= 4 is 34.0 Å². The second kappa shape index (κ2) is 11.7. The van der Waals surface area contributed by atoms with Crippen molar-refractivity contribution in [3.63, 3.8) is 0 Å². The predicted molar refractivity (Wildman–Crippen MR) is 149 cm³/mol. The molecule has 0 saturated carbocycles. The van der Waals surface area contributed by atoms with Gasteiger partial charge in [0.2, 0.25) is 0 Å². The molecule has 2 aromatic heterocycles. The minimum Gasteiger partial charge on any atom is -0.506 e. The molecule has 0 aliphatic carbocycles. The van der Waals surface area contributed by atoms with Crippen LogP contribution in [0.2, 0.25) is 5.02 Å². The lowest BCUT2D eigenvalue weighted by Crippen LogP contribution is -2.25. The molecular weight excluding hydrogens is 472 g/mol. The normalized spacial score (nSPS) is 11.6. The van der Waals surface area contributed by atoms with Gasteiger partial charge in [-0.25, -0.2) is 9.97 Å². The number of benzene rings is 2. The Labute approximate surface area is 218 Å². The summed E-state index contributed by atoms with van der Waals surface area (Å²) in [5, 5.41) is 14.3. The first-order chi connectivity index (χ1) is 17.4. The van der Waals surface area contributed by atoms with Crippen LogP contribution in [-0.4, -0.2) is 55.6 Å². The molecule has 4 rings (SSSR count). The van der Waals surface area contributed by atoms with Crippen LogP contribution in [-0.2, 0) is 13.1 Å². The van der Waals surface area contributed by atoms with Crippen LogP contribution in [0, 0.1) is 0 Å². The van der Waals surface area contributed by atoms with Crippen molar-refractivity contribution in [2.75, 3.05) is 31.5 Å². The molecule has 0 unspecified atom stereocenters. The fraction of sp³-hybridized carbons (Fsp3) is 0.357. The van der Waals surface area contributed by atoms with Crippen molar-refractivity contribution in [3.05, 3.63) is 71.3 Å². The fourth-order valence-corrected chi connectivity index (χ4v) is 4.56. The summed E-state index contributed by atoms with van der Waals surface area (Å²) in [6.07, 6.45) is 6.07. The lowest BCUT2D eigenvalue weighted by atomic mass is 10.1. The molecule has 0 bridgehead atoms. The zero-order valence-electron chi connectivity index (χ0n) is 21.5. The van der Waals surface area contributed by atoms with Crippen LogP contribution in [0.1, 0.15) is 38.8 Å². The van der Waals surface area contributed by atoms with Gasteiger partial charge in [0, 0.05) is 42.2 Å².